The number of fused-ring (bicyclic) bond motifs is 4. The van der Waals surface area contributed by atoms with Crippen LogP contribution in [0.5, 0.6) is 5.75 Å². The van der Waals surface area contributed by atoms with Gasteiger partial charge in [0.25, 0.3) is 0 Å². The molecule has 4 aromatic carbocycles. The molecule has 0 amide bonds. The van der Waals surface area contributed by atoms with Crippen molar-refractivity contribution >= 4 is 55.6 Å². The number of benzene rings is 4. The zero-order valence-corrected chi connectivity index (χ0v) is 19.9. The van der Waals surface area contributed by atoms with E-state index in [1.54, 1.807) is 6.07 Å². The second-order valence-corrected chi connectivity index (χ2v) is 9.79. The van der Waals surface area contributed by atoms with Crippen LogP contribution in [0.25, 0.3) is 10.8 Å². The molecule has 0 fully saturated rings. The molecule has 2 aliphatic rings. The summed E-state index contributed by atoms with van der Waals surface area (Å²) in [6.45, 7) is 0. The largest absolute Gasteiger partial charge is 0.464 e. The van der Waals surface area contributed by atoms with Crippen molar-refractivity contribution in [3.8, 4) is 5.75 Å². The van der Waals surface area contributed by atoms with Crippen LogP contribution >= 0.6 is 39.1 Å². The van der Waals surface area contributed by atoms with Gasteiger partial charge in [-0.1, -0.05) is 81.6 Å². The highest BCUT2D eigenvalue weighted by Gasteiger charge is 2.41. The van der Waals surface area contributed by atoms with E-state index in [2.05, 4.69) is 64.5 Å². The van der Waals surface area contributed by atoms with Gasteiger partial charge in [0.05, 0.1) is 16.8 Å². The summed E-state index contributed by atoms with van der Waals surface area (Å²) in [5, 5.41) is 10.7. The molecule has 2 heterocycles. The van der Waals surface area contributed by atoms with Crippen LogP contribution in [0.3, 0.4) is 0 Å². The zero-order valence-electron chi connectivity index (χ0n) is 16.8. The molecule has 0 unspecified atom stereocenters. The van der Waals surface area contributed by atoms with Crippen LogP contribution in [0.1, 0.15) is 35.4 Å². The molecule has 2 atom stereocenters. The van der Waals surface area contributed by atoms with E-state index in [-0.39, 0.29) is 6.04 Å². The average molecular weight is 524 g/mol. The third-order valence-corrected chi connectivity index (χ3v) is 7.12. The molecule has 0 N–H and O–H groups in total. The van der Waals surface area contributed by atoms with Crippen molar-refractivity contribution in [2.24, 2.45) is 5.10 Å². The van der Waals surface area contributed by atoms with Gasteiger partial charge >= 0.3 is 0 Å². The van der Waals surface area contributed by atoms with Crippen molar-refractivity contribution in [1.82, 2.24) is 5.01 Å². The van der Waals surface area contributed by atoms with Crippen molar-refractivity contribution in [3.05, 3.63) is 110 Å². The highest BCUT2D eigenvalue weighted by atomic mass is 79.9. The van der Waals surface area contributed by atoms with Crippen molar-refractivity contribution in [2.75, 3.05) is 0 Å². The summed E-state index contributed by atoms with van der Waals surface area (Å²) in [6, 6.07) is 26.5. The molecule has 6 rings (SSSR count). The first-order valence-electron chi connectivity index (χ1n) is 10.3. The number of rotatable bonds is 2. The van der Waals surface area contributed by atoms with Crippen molar-refractivity contribution in [3.63, 3.8) is 0 Å². The van der Waals surface area contributed by atoms with E-state index < -0.39 is 6.23 Å². The Bertz CT molecular complexity index is 1400. The Hall–Kier alpha value is -2.53. The van der Waals surface area contributed by atoms with Gasteiger partial charge in [-0.3, -0.25) is 0 Å². The maximum atomic E-state index is 6.58. The smallest absolute Gasteiger partial charge is 0.215 e. The Morgan fingerprint density at radius 1 is 0.875 bits per heavy atom. The standard InChI is InChI=1S/C26H17BrCl2N2O/c27-18-7-10-25-21(12-18)24-14-23(17-6-5-15-3-1-2-4-16(15)11-17)30-31(24)26(32-25)20-9-8-19(28)13-22(20)29/h1-13,24,26H,14H2/t24-,26+/m0/s1. The Morgan fingerprint density at radius 3 is 2.56 bits per heavy atom. The summed E-state index contributed by atoms with van der Waals surface area (Å²) in [7, 11) is 0. The fraction of sp³-hybridized carbons (Fsp3) is 0.115. The summed E-state index contributed by atoms with van der Waals surface area (Å²) in [6.07, 6.45) is 0.351. The van der Waals surface area contributed by atoms with Crippen molar-refractivity contribution < 1.29 is 4.74 Å². The molecule has 0 bridgehead atoms. The highest BCUT2D eigenvalue weighted by molar-refractivity contribution is 9.10. The molecule has 0 aromatic heterocycles. The summed E-state index contributed by atoms with van der Waals surface area (Å²) >= 11 is 16.3. The first-order valence-corrected chi connectivity index (χ1v) is 11.9. The molecule has 6 heteroatoms. The van der Waals surface area contributed by atoms with Gasteiger partial charge in [-0.05, 0) is 52.7 Å². The Balaban J connectivity index is 1.47. The molecule has 0 saturated heterocycles. The van der Waals surface area contributed by atoms with Crippen LogP contribution in [-0.2, 0) is 0 Å². The molecule has 0 spiro atoms. The molecule has 0 aliphatic carbocycles. The minimum absolute atomic E-state index is 0.0504. The van der Waals surface area contributed by atoms with Crippen LogP contribution in [0, 0.1) is 0 Å². The van der Waals surface area contributed by atoms with Gasteiger partial charge in [-0.25, -0.2) is 5.01 Å². The lowest BCUT2D eigenvalue weighted by molar-refractivity contribution is -0.0190. The van der Waals surface area contributed by atoms with Gasteiger partial charge in [-0.15, -0.1) is 0 Å². The molecular formula is C26H17BrCl2N2O. The minimum atomic E-state index is -0.434. The zero-order chi connectivity index (χ0) is 21.8. The van der Waals surface area contributed by atoms with E-state index >= 15 is 0 Å². The average Bonchev–Trinajstić information content (AvgIpc) is 3.25. The summed E-state index contributed by atoms with van der Waals surface area (Å²) in [5.41, 5.74) is 4.11. The molecule has 32 heavy (non-hydrogen) atoms. The second kappa shape index (κ2) is 7.80. The quantitative estimate of drug-likeness (QED) is 0.265. The number of hydrazone groups is 1. The van der Waals surface area contributed by atoms with Crippen LogP contribution in [0.15, 0.2) is 88.4 Å². The predicted octanol–water partition coefficient (Wildman–Crippen LogP) is 8.15. The Kier molecular flexibility index (Phi) is 4.90. The third kappa shape index (κ3) is 3.38. The summed E-state index contributed by atoms with van der Waals surface area (Å²) < 4.78 is 7.45. The number of hydrogen-bond donors (Lipinski definition) is 0. The minimum Gasteiger partial charge on any atom is -0.464 e. The van der Waals surface area contributed by atoms with Crippen molar-refractivity contribution in [1.29, 1.82) is 0 Å². The van der Waals surface area contributed by atoms with E-state index in [1.807, 2.05) is 29.3 Å². The van der Waals surface area contributed by atoms with Gasteiger partial charge in [0, 0.05) is 27.0 Å². The van der Waals surface area contributed by atoms with E-state index in [0.717, 1.165) is 39.0 Å². The van der Waals surface area contributed by atoms with Gasteiger partial charge in [0.1, 0.15) is 5.75 Å². The first-order chi connectivity index (χ1) is 15.6. The lowest BCUT2D eigenvalue weighted by Crippen LogP contribution is -2.33. The molecule has 0 radical (unpaired) electrons. The maximum absolute atomic E-state index is 6.58. The monoisotopic (exact) mass is 522 g/mol. The van der Waals surface area contributed by atoms with Crippen LogP contribution < -0.4 is 4.74 Å². The fourth-order valence-electron chi connectivity index (χ4n) is 4.51. The van der Waals surface area contributed by atoms with E-state index in [4.69, 9.17) is 33.0 Å². The third-order valence-electron chi connectivity index (χ3n) is 6.06. The Morgan fingerprint density at radius 2 is 1.72 bits per heavy atom. The maximum Gasteiger partial charge on any atom is 0.215 e. The van der Waals surface area contributed by atoms with E-state index in [0.29, 0.717) is 10.0 Å². The lowest BCUT2D eigenvalue weighted by Gasteiger charge is -2.38. The molecule has 158 valence electrons. The molecule has 0 saturated carbocycles. The van der Waals surface area contributed by atoms with Crippen LogP contribution in [0.2, 0.25) is 10.0 Å². The van der Waals surface area contributed by atoms with Crippen LogP contribution in [0.4, 0.5) is 0 Å². The van der Waals surface area contributed by atoms with Gasteiger partial charge in [0.2, 0.25) is 6.23 Å². The lowest BCUT2D eigenvalue weighted by atomic mass is 9.95. The molecule has 4 aromatic rings. The number of nitrogens with zero attached hydrogens (tertiary/aromatic N) is 2. The van der Waals surface area contributed by atoms with Gasteiger partial charge in [0.15, 0.2) is 0 Å². The normalized spacial score (nSPS) is 19.3. The first kappa shape index (κ1) is 20.1. The van der Waals surface area contributed by atoms with Crippen LogP contribution in [-0.4, -0.2) is 10.7 Å². The fourth-order valence-corrected chi connectivity index (χ4v) is 5.39. The van der Waals surface area contributed by atoms with Crippen molar-refractivity contribution in [2.45, 2.75) is 18.7 Å². The number of hydrogen-bond acceptors (Lipinski definition) is 3. The number of ether oxygens (including phenoxy) is 1. The van der Waals surface area contributed by atoms with Gasteiger partial charge in [-0.2, -0.15) is 5.10 Å². The SMILES string of the molecule is Clc1ccc([C@H]2Oc3ccc(Br)cc3[C@@H]3CC(c4ccc5ccccc5c4)=NN23)c(Cl)c1. The molecule has 2 aliphatic heterocycles. The molecular weight excluding hydrogens is 507 g/mol. The summed E-state index contributed by atoms with van der Waals surface area (Å²) in [5.74, 6) is 0.848. The van der Waals surface area contributed by atoms with E-state index in [1.165, 1.54) is 10.8 Å². The second-order valence-electron chi connectivity index (χ2n) is 8.03. The predicted molar refractivity (Wildman–Crippen MR) is 134 cm³/mol. The number of halogens is 3. The Labute approximate surface area is 204 Å². The molecule has 3 nitrogen and oxygen atoms in total. The van der Waals surface area contributed by atoms with E-state index in [9.17, 15) is 0 Å². The highest BCUT2D eigenvalue weighted by Crippen LogP contribution is 2.49. The van der Waals surface area contributed by atoms with Gasteiger partial charge < -0.3 is 4.74 Å². The topological polar surface area (TPSA) is 24.8 Å². The summed E-state index contributed by atoms with van der Waals surface area (Å²) in [4.78, 5) is 0.